The highest BCUT2D eigenvalue weighted by atomic mass is 32.2. The van der Waals surface area contributed by atoms with E-state index in [1.807, 2.05) is 45.9 Å². The number of methoxy groups -OCH3 is 1. The van der Waals surface area contributed by atoms with Crippen molar-refractivity contribution >= 4 is 21.6 Å². The van der Waals surface area contributed by atoms with Gasteiger partial charge in [-0.1, -0.05) is 41.5 Å². The first-order valence-electron chi connectivity index (χ1n) is 11.8. The van der Waals surface area contributed by atoms with Crippen molar-refractivity contribution in [2.45, 2.75) is 50.7 Å². The number of fused-ring (bicyclic) bond motifs is 1. The number of carbonyl (C=O) groups is 1. The van der Waals surface area contributed by atoms with Gasteiger partial charge in [-0.3, -0.25) is 9.10 Å². The zero-order valence-corrected chi connectivity index (χ0v) is 22.1. The highest BCUT2D eigenvalue weighted by Crippen LogP contribution is 2.40. The average Bonchev–Trinajstić information content (AvgIpc) is 2.82. The SMILES string of the molecule is COc1cccc(N(CC(=O)NC2CC(C)(C)Oc3ccc(C)cc32)S(=O)(=O)c2ccc(C)cc2)c1. The monoisotopic (exact) mass is 508 g/mol. The largest absolute Gasteiger partial charge is 0.497 e. The number of carbonyl (C=O) groups excluding carboxylic acids is 1. The van der Waals surface area contributed by atoms with Gasteiger partial charge >= 0.3 is 0 Å². The van der Waals surface area contributed by atoms with Gasteiger partial charge in [0, 0.05) is 18.1 Å². The van der Waals surface area contributed by atoms with Crippen molar-refractivity contribution in [1.82, 2.24) is 5.32 Å². The van der Waals surface area contributed by atoms with Crippen molar-refractivity contribution in [1.29, 1.82) is 0 Å². The van der Waals surface area contributed by atoms with Crippen LogP contribution in [-0.2, 0) is 14.8 Å². The summed E-state index contributed by atoms with van der Waals surface area (Å²) in [4.78, 5) is 13.5. The molecule has 1 aliphatic rings. The lowest BCUT2D eigenvalue weighted by molar-refractivity contribution is -0.120. The fourth-order valence-corrected chi connectivity index (χ4v) is 5.80. The van der Waals surface area contributed by atoms with Crippen LogP contribution in [0.25, 0.3) is 0 Å². The summed E-state index contributed by atoms with van der Waals surface area (Å²) in [7, 11) is -2.52. The van der Waals surface area contributed by atoms with Crippen molar-refractivity contribution in [3.63, 3.8) is 0 Å². The Balaban J connectivity index is 1.67. The summed E-state index contributed by atoms with van der Waals surface area (Å²) in [6, 6.07) is 18.8. The van der Waals surface area contributed by atoms with E-state index in [1.165, 1.54) is 7.11 Å². The summed E-state index contributed by atoms with van der Waals surface area (Å²) in [6.45, 7) is 7.43. The molecule has 0 aliphatic carbocycles. The number of amides is 1. The molecule has 1 atom stereocenters. The summed E-state index contributed by atoms with van der Waals surface area (Å²) >= 11 is 0. The van der Waals surface area contributed by atoms with Crippen LogP contribution in [0.1, 0.15) is 43.0 Å². The molecule has 7 nitrogen and oxygen atoms in total. The Labute approximate surface area is 213 Å². The quantitative estimate of drug-likeness (QED) is 0.489. The molecule has 0 spiro atoms. The van der Waals surface area contributed by atoms with Crippen molar-refractivity contribution < 1.29 is 22.7 Å². The first-order chi connectivity index (χ1) is 17.0. The summed E-state index contributed by atoms with van der Waals surface area (Å²) < 4.78 is 39.9. The Morgan fingerprint density at radius 1 is 1.06 bits per heavy atom. The van der Waals surface area contributed by atoms with Gasteiger partial charge in [-0.15, -0.1) is 0 Å². The van der Waals surface area contributed by atoms with E-state index in [0.29, 0.717) is 17.9 Å². The number of anilines is 1. The zero-order valence-electron chi connectivity index (χ0n) is 21.2. The van der Waals surface area contributed by atoms with Crippen LogP contribution in [0.2, 0.25) is 0 Å². The van der Waals surface area contributed by atoms with Crippen LogP contribution in [-0.4, -0.2) is 33.6 Å². The van der Waals surface area contributed by atoms with Gasteiger partial charge in [0.15, 0.2) is 0 Å². The Hall–Kier alpha value is -3.52. The van der Waals surface area contributed by atoms with Crippen molar-refractivity contribution in [2.24, 2.45) is 0 Å². The van der Waals surface area contributed by atoms with Crippen LogP contribution in [0, 0.1) is 13.8 Å². The first kappa shape index (κ1) is 25.6. The zero-order chi connectivity index (χ0) is 26.1. The molecule has 1 N–H and O–H groups in total. The number of sulfonamides is 1. The number of hydrogen-bond donors (Lipinski definition) is 1. The van der Waals surface area contributed by atoms with Crippen LogP contribution in [0.15, 0.2) is 71.6 Å². The third-order valence-corrected chi connectivity index (χ3v) is 7.98. The van der Waals surface area contributed by atoms with Crippen LogP contribution < -0.4 is 19.1 Å². The second-order valence-electron chi connectivity index (χ2n) is 9.75. The Kier molecular flexibility index (Phi) is 7.00. The standard InChI is InChI=1S/C28H32N2O5S/c1-19-9-12-23(13-10-19)36(32,33)30(21-7-6-8-22(16-21)34-5)18-27(31)29-25-17-28(3,4)35-26-14-11-20(2)15-24(25)26/h6-16,25H,17-18H2,1-5H3,(H,29,31). The van der Waals surface area contributed by atoms with Gasteiger partial charge in [0.25, 0.3) is 10.0 Å². The normalized spacial score (nSPS) is 16.4. The summed E-state index contributed by atoms with van der Waals surface area (Å²) in [5.74, 6) is 0.801. The molecule has 4 rings (SSSR count). The molecule has 36 heavy (non-hydrogen) atoms. The van der Waals surface area contributed by atoms with Gasteiger partial charge in [0.05, 0.1) is 23.7 Å². The predicted octanol–water partition coefficient (Wildman–Crippen LogP) is 4.93. The van der Waals surface area contributed by atoms with E-state index < -0.39 is 21.5 Å². The van der Waals surface area contributed by atoms with E-state index in [-0.39, 0.29) is 17.5 Å². The minimum absolute atomic E-state index is 0.108. The lowest BCUT2D eigenvalue weighted by atomic mass is 9.89. The van der Waals surface area contributed by atoms with E-state index in [0.717, 1.165) is 26.7 Å². The van der Waals surface area contributed by atoms with Crippen molar-refractivity contribution in [2.75, 3.05) is 18.0 Å². The molecule has 0 fully saturated rings. The molecule has 1 unspecified atom stereocenters. The highest BCUT2D eigenvalue weighted by Gasteiger charge is 2.35. The second kappa shape index (κ2) is 9.85. The second-order valence-corrected chi connectivity index (χ2v) is 11.6. The fourth-order valence-electron chi connectivity index (χ4n) is 4.39. The summed E-state index contributed by atoms with van der Waals surface area (Å²) in [5, 5.41) is 3.06. The van der Waals surface area contributed by atoms with E-state index in [4.69, 9.17) is 9.47 Å². The van der Waals surface area contributed by atoms with Crippen molar-refractivity contribution in [3.05, 3.63) is 83.4 Å². The maximum Gasteiger partial charge on any atom is 0.264 e. The van der Waals surface area contributed by atoms with Crippen LogP contribution in [0.4, 0.5) is 5.69 Å². The number of benzene rings is 3. The first-order valence-corrected chi connectivity index (χ1v) is 13.2. The van der Waals surface area contributed by atoms with E-state index >= 15 is 0 Å². The third kappa shape index (κ3) is 5.49. The number of hydrogen-bond acceptors (Lipinski definition) is 5. The molecule has 1 heterocycles. The molecule has 0 radical (unpaired) electrons. The van der Waals surface area contributed by atoms with Crippen LogP contribution in [0.5, 0.6) is 11.5 Å². The lowest BCUT2D eigenvalue weighted by Crippen LogP contribution is -2.45. The fraction of sp³-hybridized carbons (Fsp3) is 0.321. The molecule has 1 aliphatic heterocycles. The number of aryl methyl sites for hydroxylation is 2. The molecular weight excluding hydrogens is 476 g/mol. The number of nitrogens with zero attached hydrogens (tertiary/aromatic N) is 1. The van der Waals surface area contributed by atoms with Crippen LogP contribution in [0.3, 0.4) is 0 Å². The third-order valence-electron chi connectivity index (χ3n) is 6.20. The van der Waals surface area contributed by atoms with Gasteiger partial charge in [-0.2, -0.15) is 0 Å². The molecule has 1 amide bonds. The van der Waals surface area contributed by atoms with Crippen LogP contribution >= 0.6 is 0 Å². The molecule has 3 aromatic carbocycles. The molecule has 0 bridgehead atoms. The minimum Gasteiger partial charge on any atom is -0.497 e. The number of ether oxygens (including phenoxy) is 2. The molecule has 0 saturated carbocycles. The molecule has 8 heteroatoms. The Bertz CT molecular complexity index is 1370. The lowest BCUT2D eigenvalue weighted by Gasteiger charge is -2.38. The highest BCUT2D eigenvalue weighted by molar-refractivity contribution is 7.92. The smallest absolute Gasteiger partial charge is 0.264 e. The minimum atomic E-state index is -4.03. The molecule has 3 aromatic rings. The van der Waals surface area contributed by atoms with Gasteiger partial charge in [-0.05, 0) is 58.0 Å². The maximum atomic E-state index is 13.7. The average molecular weight is 509 g/mol. The number of rotatable bonds is 7. The van der Waals surface area contributed by atoms with Gasteiger partial charge < -0.3 is 14.8 Å². The van der Waals surface area contributed by atoms with Gasteiger partial charge in [0.2, 0.25) is 5.91 Å². The van der Waals surface area contributed by atoms with Gasteiger partial charge in [0.1, 0.15) is 23.6 Å². The summed E-state index contributed by atoms with van der Waals surface area (Å²) in [6.07, 6.45) is 0.555. The molecule has 0 aromatic heterocycles. The maximum absolute atomic E-state index is 13.7. The molecule has 0 saturated heterocycles. The van der Waals surface area contributed by atoms with E-state index in [9.17, 15) is 13.2 Å². The van der Waals surface area contributed by atoms with Crippen molar-refractivity contribution in [3.8, 4) is 11.5 Å². The Morgan fingerprint density at radius 2 is 1.75 bits per heavy atom. The summed E-state index contributed by atoms with van der Waals surface area (Å²) in [5.41, 5.74) is 2.73. The predicted molar refractivity (Wildman–Crippen MR) is 140 cm³/mol. The van der Waals surface area contributed by atoms with E-state index in [1.54, 1.807) is 48.5 Å². The Morgan fingerprint density at radius 3 is 2.44 bits per heavy atom. The topological polar surface area (TPSA) is 84.9 Å². The van der Waals surface area contributed by atoms with E-state index in [2.05, 4.69) is 5.32 Å². The van der Waals surface area contributed by atoms with Gasteiger partial charge in [-0.25, -0.2) is 8.42 Å². The molecule has 190 valence electrons. The molecular formula is C28H32N2O5S. The number of nitrogens with one attached hydrogen (secondary N) is 1.